The highest BCUT2D eigenvalue weighted by molar-refractivity contribution is 4.85. The maximum absolute atomic E-state index is 3.99. The number of rotatable bonds is 5. The lowest BCUT2D eigenvalue weighted by Crippen LogP contribution is -2.15. The Hall–Kier alpha value is -0.260. The summed E-state index contributed by atoms with van der Waals surface area (Å²) >= 11 is 0. The summed E-state index contributed by atoms with van der Waals surface area (Å²) in [5.74, 6) is 1.79. The highest BCUT2D eigenvalue weighted by Gasteiger charge is 2.20. The van der Waals surface area contributed by atoms with E-state index in [1.165, 1.54) is 51.4 Å². The smallest absolute Gasteiger partial charge is 0.0208 e. The van der Waals surface area contributed by atoms with Crippen molar-refractivity contribution in [1.29, 1.82) is 0 Å². The molecule has 0 aromatic rings. The molecule has 13 heavy (non-hydrogen) atoms. The monoisotopic (exact) mass is 180 g/mol. The summed E-state index contributed by atoms with van der Waals surface area (Å²) in [6.45, 7) is 6.27. The van der Waals surface area contributed by atoms with E-state index in [1.807, 2.05) is 0 Å². The van der Waals surface area contributed by atoms with Gasteiger partial charge >= 0.3 is 0 Å². The molecule has 0 nitrogen and oxygen atoms in total. The Morgan fingerprint density at radius 3 is 2.54 bits per heavy atom. The summed E-state index contributed by atoms with van der Waals surface area (Å²) in [4.78, 5) is 0. The zero-order chi connectivity index (χ0) is 9.52. The van der Waals surface area contributed by atoms with Crippen LogP contribution in [-0.4, -0.2) is 0 Å². The molecule has 0 heteroatoms. The predicted molar refractivity (Wildman–Crippen MR) is 59.8 cm³/mol. The largest absolute Gasteiger partial charge is 0.103 e. The lowest BCUT2D eigenvalue weighted by atomic mass is 9.78. The molecule has 0 spiro atoms. The van der Waals surface area contributed by atoms with Crippen LogP contribution in [0.15, 0.2) is 12.7 Å². The lowest BCUT2D eigenvalue weighted by molar-refractivity contribution is 0.272. The second-order valence-corrected chi connectivity index (χ2v) is 4.44. The second-order valence-electron chi connectivity index (χ2n) is 4.44. The van der Waals surface area contributed by atoms with Crippen molar-refractivity contribution in [2.24, 2.45) is 11.8 Å². The first kappa shape index (κ1) is 10.8. The second kappa shape index (κ2) is 6.23. The van der Waals surface area contributed by atoms with Gasteiger partial charge in [-0.2, -0.15) is 0 Å². The molecule has 0 aromatic carbocycles. The van der Waals surface area contributed by atoms with Gasteiger partial charge < -0.3 is 0 Å². The molecule has 1 aliphatic rings. The van der Waals surface area contributed by atoms with Crippen LogP contribution in [0, 0.1) is 11.8 Å². The molecule has 0 unspecified atom stereocenters. The molecule has 0 heterocycles. The van der Waals surface area contributed by atoms with Gasteiger partial charge in [0.05, 0.1) is 0 Å². The van der Waals surface area contributed by atoms with E-state index in [0.717, 1.165) is 11.8 Å². The fourth-order valence-electron chi connectivity index (χ4n) is 2.55. The molecule has 0 bridgehead atoms. The normalized spacial score (nSPS) is 21.3. The maximum atomic E-state index is 3.99. The molecular weight excluding hydrogens is 156 g/mol. The first-order valence-electron chi connectivity index (χ1n) is 6.01. The molecule has 1 rings (SSSR count). The van der Waals surface area contributed by atoms with Gasteiger partial charge in [-0.3, -0.25) is 0 Å². The van der Waals surface area contributed by atoms with Gasteiger partial charge in [0.2, 0.25) is 0 Å². The summed E-state index contributed by atoms with van der Waals surface area (Å²) in [6.07, 6.45) is 13.6. The minimum Gasteiger partial charge on any atom is -0.103 e. The molecule has 76 valence electrons. The van der Waals surface area contributed by atoms with E-state index in [-0.39, 0.29) is 0 Å². The minimum atomic E-state index is 0.820. The Morgan fingerprint density at radius 1 is 1.31 bits per heavy atom. The third kappa shape index (κ3) is 3.54. The van der Waals surface area contributed by atoms with Crippen LogP contribution in [0.1, 0.15) is 58.3 Å². The van der Waals surface area contributed by atoms with Gasteiger partial charge in [-0.05, 0) is 31.1 Å². The van der Waals surface area contributed by atoms with E-state index in [4.69, 9.17) is 0 Å². The Morgan fingerprint density at radius 2 is 2.00 bits per heavy atom. The summed E-state index contributed by atoms with van der Waals surface area (Å²) in [5, 5.41) is 0. The van der Waals surface area contributed by atoms with Crippen molar-refractivity contribution in [2.45, 2.75) is 58.3 Å². The SMILES string of the molecule is C=C[C@H](CCCC)C1CCCCC1. The van der Waals surface area contributed by atoms with Gasteiger partial charge in [0.1, 0.15) is 0 Å². The quantitative estimate of drug-likeness (QED) is 0.544. The molecule has 0 aromatic heterocycles. The third-order valence-corrected chi connectivity index (χ3v) is 3.45. The first-order valence-corrected chi connectivity index (χ1v) is 6.01. The third-order valence-electron chi connectivity index (χ3n) is 3.45. The van der Waals surface area contributed by atoms with Crippen LogP contribution in [0.4, 0.5) is 0 Å². The zero-order valence-electron chi connectivity index (χ0n) is 9.10. The zero-order valence-corrected chi connectivity index (χ0v) is 9.10. The van der Waals surface area contributed by atoms with Crippen LogP contribution in [-0.2, 0) is 0 Å². The number of unbranched alkanes of at least 4 members (excludes halogenated alkanes) is 1. The van der Waals surface area contributed by atoms with Crippen molar-refractivity contribution in [3.63, 3.8) is 0 Å². The highest BCUT2D eigenvalue weighted by Crippen LogP contribution is 2.33. The number of hydrogen-bond donors (Lipinski definition) is 0. The molecule has 1 saturated carbocycles. The Bertz CT molecular complexity index is 131. The van der Waals surface area contributed by atoms with E-state index in [2.05, 4.69) is 19.6 Å². The van der Waals surface area contributed by atoms with Gasteiger partial charge in [0.25, 0.3) is 0 Å². The van der Waals surface area contributed by atoms with Crippen LogP contribution in [0.25, 0.3) is 0 Å². The van der Waals surface area contributed by atoms with E-state index >= 15 is 0 Å². The number of hydrogen-bond acceptors (Lipinski definition) is 0. The summed E-state index contributed by atoms with van der Waals surface area (Å²) in [7, 11) is 0. The van der Waals surface area contributed by atoms with Crippen molar-refractivity contribution in [1.82, 2.24) is 0 Å². The molecule has 1 aliphatic carbocycles. The minimum absolute atomic E-state index is 0.820. The van der Waals surface area contributed by atoms with Crippen LogP contribution in [0.2, 0.25) is 0 Å². The van der Waals surface area contributed by atoms with E-state index in [9.17, 15) is 0 Å². The molecule has 1 fully saturated rings. The molecule has 1 atom stereocenters. The van der Waals surface area contributed by atoms with E-state index < -0.39 is 0 Å². The van der Waals surface area contributed by atoms with Gasteiger partial charge in [0, 0.05) is 0 Å². The first-order chi connectivity index (χ1) is 6.38. The fourth-order valence-corrected chi connectivity index (χ4v) is 2.55. The highest BCUT2D eigenvalue weighted by atomic mass is 14.3. The van der Waals surface area contributed by atoms with Crippen LogP contribution >= 0.6 is 0 Å². The van der Waals surface area contributed by atoms with E-state index in [0.29, 0.717) is 0 Å². The van der Waals surface area contributed by atoms with E-state index in [1.54, 1.807) is 0 Å². The van der Waals surface area contributed by atoms with Gasteiger partial charge in [-0.15, -0.1) is 6.58 Å². The molecule has 0 aliphatic heterocycles. The summed E-state index contributed by atoms with van der Waals surface area (Å²) < 4.78 is 0. The molecule has 0 radical (unpaired) electrons. The van der Waals surface area contributed by atoms with Crippen LogP contribution in [0.5, 0.6) is 0 Å². The average Bonchev–Trinajstić information content (AvgIpc) is 2.21. The van der Waals surface area contributed by atoms with Gasteiger partial charge in [0.15, 0.2) is 0 Å². The van der Waals surface area contributed by atoms with Gasteiger partial charge in [-0.1, -0.05) is 45.1 Å². The fraction of sp³-hybridized carbons (Fsp3) is 0.846. The maximum Gasteiger partial charge on any atom is -0.0208 e. The Labute approximate surface area is 83.4 Å². The van der Waals surface area contributed by atoms with Crippen molar-refractivity contribution < 1.29 is 0 Å². The van der Waals surface area contributed by atoms with Crippen molar-refractivity contribution in [3.8, 4) is 0 Å². The standard InChI is InChI=1S/C13H24/c1-3-5-9-12(4-2)13-10-7-6-8-11-13/h4,12-13H,2-3,5-11H2,1H3/t12-/m1/s1. The average molecular weight is 180 g/mol. The molecular formula is C13H24. The van der Waals surface area contributed by atoms with Crippen molar-refractivity contribution in [2.75, 3.05) is 0 Å². The summed E-state index contributed by atoms with van der Waals surface area (Å²) in [5.41, 5.74) is 0. The molecule has 0 N–H and O–H groups in total. The summed E-state index contributed by atoms with van der Waals surface area (Å²) in [6, 6.07) is 0. The number of allylic oxidation sites excluding steroid dienone is 1. The molecule has 0 amide bonds. The van der Waals surface area contributed by atoms with Crippen molar-refractivity contribution >= 4 is 0 Å². The Kier molecular flexibility index (Phi) is 5.19. The van der Waals surface area contributed by atoms with Gasteiger partial charge in [-0.25, -0.2) is 0 Å². The van der Waals surface area contributed by atoms with Crippen LogP contribution < -0.4 is 0 Å². The van der Waals surface area contributed by atoms with Crippen molar-refractivity contribution in [3.05, 3.63) is 12.7 Å². The lowest BCUT2D eigenvalue weighted by Gasteiger charge is -2.28. The predicted octanol–water partition coefficient (Wildman–Crippen LogP) is 4.56. The van der Waals surface area contributed by atoms with Crippen LogP contribution in [0.3, 0.4) is 0 Å². The Balaban J connectivity index is 2.30. The topological polar surface area (TPSA) is 0 Å². The molecule has 0 saturated heterocycles.